The molecule has 1 fully saturated rings. The fraction of sp³-hybridized carbons (Fsp3) is 0.429. The molecule has 0 radical (unpaired) electrons. The highest BCUT2D eigenvalue weighted by Crippen LogP contribution is 2.18. The summed E-state index contributed by atoms with van der Waals surface area (Å²) in [6, 6.07) is 6.94. The Bertz CT molecular complexity index is 507. The van der Waals surface area contributed by atoms with Crippen LogP contribution in [0.4, 0.5) is 5.69 Å². The van der Waals surface area contributed by atoms with Gasteiger partial charge in [0.2, 0.25) is 5.91 Å². The highest BCUT2D eigenvalue weighted by molar-refractivity contribution is 9.10. The van der Waals surface area contributed by atoms with Gasteiger partial charge < -0.3 is 10.4 Å². The van der Waals surface area contributed by atoms with Gasteiger partial charge in [-0.25, -0.2) is 0 Å². The fourth-order valence-corrected chi connectivity index (χ4v) is 2.81. The first kappa shape index (κ1) is 15.0. The lowest BCUT2D eigenvalue weighted by Crippen LogP contribution is -2.37. The number of aliphatic carboxylic acids is 1. The van der Waals surface area contributed by atoms with E-state index in [1.807, 2.05) is 29.2 Å². The van der Waals surface area contributed by atoms with Crippen molar-refractivity contribution in [3.8, 4) is 0 Å². The summed E-state index contributed by atoms with van der Waals surface area (Å²) in [4.78, 5) is 24.8. The maximum Gasteiger partial charge on any atom is 0.320 e. The van der Waals surface area contributed by atoms with Gasteiger partial charge in [-0.3, -0.25) is 14.5 Å². The van der Waals surface area contributed by atoms with Crippen molar-refractivity contribution in [3.63, 3.8) is 0 Å². The molecular weight excluding hydrogens is 324 g/mol. The van der Waals surface area contributed by atoms with E-state index >= 15 is 0 Å². The van der Waals surface area contributed by atoms with Crippen LogP contribution in [0.25, 0.3) is 0 Å². The average Bonchev–Trinajstić information content (AvgIpc) is 2.85. The molecule has 0 aromatic heterocycles. The highest BCUT2D eigenvalue weighted by atomic mass is 79.9. The van der Waals surface area contributed by atoms with Gasteiger partial charge in [0, 0.05) is 23.1 Å². The predicted molar refractivity (Wildman–Crippen MR) is 79.6 cm³/mol. The van der Waals surface area contributed by atoms with E-state index in [2.05, 4.69) is 21.2 Å². The molecule has 0 bridgehead atoms. The van der Waals surface area contributed by atoms with Crippen LogP contribution >= 0.6 is 15.9 Å². The van der Waals surface area contributed by atoms with E-state index in [9.17, 15) is 9.59 Å². The minimum Gasteiger partial charge on any atom is -0.480 e. The van der Waals surface area contributed by atoms with Crippen molar-refractivity contribution < 1.29 is 14.7 Å². The van der Waals surface area contributed by atoms with Crippen LogP contribution in [0, 0.1) is 0 Å². The molecule has 0 unspecified atom stereocenters. The van der Waals surface area contributed by atoms with Crippen molar-refractivity contribution in [1.82, 2.24) is 4.90 Å². The normalized spacial score (nSPS) is 18.9. The second kappa shape index (κ2) is 6.85. The smallest absolute Gasteiger partial charge is 0.320 e. The van der Waals surface area contributed by atoms with Gasteiger partial charge in [-0.15, -0.1) is 0 Å². The molecule has 1 saturated heterocycles. The first-order valence-electron chi connectivity index (χ1n) is 6.58. The molecule has 0 spiro atoms. The molecule has 5 nitrogen and oxygen atoms in total. The summed E-state index contributed by atoms with van der Waals surface area (Å²) < 4.78 is 0.904. The first-order valence-corrected chi connectivity index (χ1v) is 7.38. The van der Waals surface area contributed by atoms with E-state index in [-0.39, 0.29) is 5.91 Å². The molecule has 1 heterocycles. The topological polar surface area (TPSA) is 69.6 Å². The van der Waals surface area contributed by atoms with Gasteiger partial charge in [0.1, 0.15) is 6.04 Å². The molecular formula is C14H17BrN2O3. The third-order valence-corrected chi connectivity index (χ3v) is 3.88. The number of hydrogen-bond acceptors (Lipinski definition) is 3. The lowest BCUT2D eigenvalue weighted by Gasteiger charge is -2.20. The Hall–Kier alpha value is -1.40. The maximum atomic E-state index is 11.9. The van der Waals surface area contributed by atoms with Crippen LogP contribution in [-0.4, -0.2) is 41.0 Å². The van der Waals surface area contributed by atoms with E-state index in [1.165, 1.54) is 0 Å². The second-order valence-electron chi connectivity index (χ2n) is 4.84. The SMILES string of the molecule is O=C(CCN1CCC[C@@H]1C(=O)O)Nc1cccc(Br)c1. The molecule has 1 aromatic rings. The zero-order chi connectivity index (χ0) is 14.5. The van der Waals surface area contributed by atoms with Gasteiger partial charge in [0.25, 0.3) is 0 Å². The predicted octanol–water partition coefficient (Wildman–Crippen LogP) is 2.33. The average molecular weight is 341 g/mol. The largest absolute Gasteiger partial charge is 0.480 e. The van der Waals surface area contributed by atoms with Crippen molar-refractivity contribution in [2.24, 2.45) is 0 Å². The fourth-order valence-electron chi connectivity index (χ4n) is 2.41. The molecule has 1 aliphatic heterocycles. The minimum absolute atomic E-state index is 0.0980. The standard InChI is InChI=1S/C14H17BrN2O3/c15-10-3-1-4-11(9-10)16-13(18)6-8-17-7-2-5-12(17)14(19)20/h1,3-4,9,12H,2,5-8H2,(H,16,18)(H,19,20)/t12-/m1/s1. The number of carbonyl (C=O) groups is 2. The summed E-state index contributed by atoms with van der Waals surface area (Å²) in [7, 11) is 0. The van der Waals surface area contributed by atoms with Gasteiger partial charge in [-0.2, -0.15) is 0 Å². The number of carboxylic acids is 1. The molecule has 20 heavy (non-hydrogen) atoms. The Kier molecular flexibility index (Phi) is 5.14. The quantitative estimate of drug-likeness (QED) is 0.862. The number of rotatable bonds is 5. The Balaban J connectivity index is 1.82. The number of benzene rings is 1. The summed E-state index contributed by atoms with van der Waals surface area (Å²) in [5, 5.41) is 11.9. The van der Waals surface area contributed by atoms with E-state index in [0.29, 0.717) is 19.4 Å². The van der Waals surface area contributed by atoms with Crippen LogP contribution in [0.5, 0.6) is 0 Å². The van der Waals surface area contributed by atoms with Gasteiger partial charge in [-0.1, -0.05) is 22.0 Å². The van der Waals surface area contributed by atoms with E-state index in [0.717, 1.165) is 23.1 Å². The molecule has 1 aliphatic rings. The van der Waals surface area contributed by atoms with Crippen LogP contribution in [0.3, 0.4) is 0 Å². The number of hydrogen-bond donors (Lipinski definition) is 2. The van der Waals surface area contributed by atoms with Crippen LogP contribution in [0.2, 0.25) is 0 Å². The van der Waals surface area contributed by atoms with Gasteiger partial charge in [-0.05, 0) is 37.6 Å². The number of halogens is 1. The number of nitrogens with one attached hydrogen (secondary N) is 1. The number of amides is 1. The third-order valence-electron chi connectivity index (χ3n) is 3.38. The minimum atomic E-state index is -0.796. The Morgan fingerprint density at radius 2 is 2.25 bits per heavy atom. The van der Waals surface area contributed by atoms with Crippen LogP contribution in [0.15, 0.2) is 28.7 Å². The van der Waals surface area contributed by atoms with E-state index < -0.39 is 12.0 Å². The number of carboxylic acid groups (broad SMARTS) is 1. The van der Waals surface area contributed by atoms with Gasteiger partial charge >= 0.3 is 5.97 Å². The molecule has 1 amide bonds. The van der Waals surface area contributed by atoms with E-state index in [4.69, 9.17) is 5.11 Å². The van der Waals surface area contributed by atoms with Crippen LogP contribution in [-0.2, 0) is 9.59 Å². The molecule has 1 atom stereocenters. The van der Waals surface area contributed by atoms with Gasteiger partial charge in [0.05, 0.1) is 0 Å². The first-order chi connectivity index (χ1) is 9.56. The van der Waals surface area contributed by atoms with Crippen molar-refractivity contribution >= 4 is 33.5 Å². The van der Waals surface area contributed by atoms with E-state index in [1.54, 1.807) is 0 Å². The zero-order valence-electron chi connectivity index (χ0n) is 11.0. The molecule has 0 saturated carbocycles. The Morgan fingerprint density at radius 3 is 2.95 bits per heavy atom. The summed E-state index contributed by atoms with van der Waals surface area (Å²) >= 11 is 3.34. The molecule has 2 N–H and O–H groups in total. The van der Waals surface area contributed by atoms with Gasteiger partial charge in [0.15, 0.2) is 0 Å². The summed E-state index contributed by atoms with van der Waals surface area (Å²) in [5.41, 5.74) is 0.737. The molecule has 6 heteroatoms. The maximum absolute atomic E-state index is 11.9. The second-order valence-corrected chi connectivity index (χ2v) is 5.76. The van der Waals surface area contributed by atoms with Crippen molar-refractivity contribution in [1.29, 1.82) is 0 Å². The Morgan fingerprint density at radius 1 is 1.45 bits per heavy atom. The van der Waals surface area contributed by atoms with Crippen LogP contribution < -0.4 is 5.32 Å². The molecule has 1 aromatic carbocycles. The zero-order valence-corrected chi connectivity index (χ0v) is 12.6. The Labute approximate surface area is 126 Å². The number of carbonyl (C=O) groups excluding carboxylic acids is 1. The molecule has 2 rings (SSSR count). The van der Waals surface area contributed by atoms with Crippen molar-refractivity contribution in [2.75, 3.05) is 18.4 Å². The van der Waals surface area contributed by atoms with Crippen molar-refractivity contribution in [2.45, 2.75) is 25.3 Å². The number of anilines is 1. The molecule has 0 aliphatic carbocycles. The summed E-state index contributed by atoms with van der Waals surface area (Å²) in [6.45, 7) is 1.23. The van der Waals surface area contributed by atoms with Crippen LogP contribution in [0.1, 0.15) is 19.3 Å². The van der Waals surface area contributed by atoms with Crippen molar-refractivity contribution in [3.05, 3.63) is 28.7 Å². The summed E-state index contributed by atoms with van der Waals surface area (Å²) in [6.07, 6.45) is 1.85. The number of likely N-dealkylation sites (tertiary alicyclic amines) is 1. The number of nitrogens with zero attached hydrogens (tertiary/aromatic N) is 1. The highest BCUT2D eigenvalue weighted by Gasteiger charge is 2.30. The molecule has 108 valence electrons. The summed E-state index contributed by atoms with van der Waals surface area (Å²) in [5.74, 6) is -0.894. The monoisotopic (exact) mass is 340 g/mol. The lowest BCUT2D eigenvalue weighted by molar-refractivity contribution is -0.142. The third kappa shape index (κ3) is 4.05. The lowest BCUT2D eigenvalue weighted by atomic mass is 10.2.